The number of aryl methyl sites for hydroxylation is 1. The van der Waals surface area contributed by atoms with Gasteiger partial charge in [-0.2, -0.15) is 0 Å². The highest BCUT2D eigenvalue weighted by molar-refractivity contribution is 7.65. The van der Waals surface area contributed by atoms with Crippen LogP contribution in [0.25, 0.3) is 0 Å². The molecule has 102 valence electrons. The van der Waals surface area contributed by atoms with E-state index in [1.54, 1.807) is 5.30 Å². The van der Waals surface area contributed by atoms with Crippen molar-refractivity contribution in [1.29, 1.82) is 0 Å². The van der Waals surface area contributed by atoms with Crippen LogP contribution in [0.2, 0.25) is 0 Å². The molecule has 0 spiro atoms. The monoisotopic (exact) mass is 264 g/mol. The third-order valence-corrected chi connectivity index (χ3v) is 6.20. The molecule has 0 N–H and O–H groups in total. The maximum Gasteiger partial charge on any atom is -0.0240 e. The zero-order valence-corrected chi connectivity index (χ0v) is 13.3. The van der Waals surface area contributed by atoms with Crippen LogP contribution in [0.1, 0.15) is 57.9 Å². The third kappa shape index (κ3) is 6.01. The molecular formula is C17H29P. The summed E-state index contributed by atoms with van der Waals surface area (Å²) in [5, 5.41) is 1.63. The minimum Gasteiger partial charge on any atom is -0.0753 e. The van der Waals surface area contributed by atoms with Crippen molar-refractivity contribution in [2.24, 2.45) is 0 Å². The van der Waals surface area contributed by atoms with Gasteiger partial charge in [-0.15, -0.1) is 0 Å². The molecule has 0 saturated carbocycles. The lowest BCUT2D eigenvalue weighted by Crippen LogP contribution is -2.06. The molecule has 0 atom stereocenters. The van der Waals surface area contributed by atoms with Crippen LogP contribution in [0.15, 0.2) is 24.3 Å². The quantitative estimate of drug-likeness (QED) is 0.409. The maximum absolute atomic E-state index is 2.37. The van der Waals surface area contributed by atoms with Crippen LogP contribution in [-0.2, 0) is 0 Å². The van der Waals surface area contributed by atoms with Gasteiger partial charge in [0.25, 0.3) is 0 Å². The Morgan fingerprint density at radius 1 is 0.778 bits per heavy atom. The Balaban J connectivity index is 2.54. The molecule has 0 nitrogen and oxygen atoms in total. The smallest absolute Gasteiger partial charge is 0.0240 e. The molecule has 1 heteroatoms. The average Bonchev–Trinajstić information content (AvgIpc) is 2.38. The molecule has 0 saturated heterocycles. The minimum absolute atomic E-state index is 0.109. The fourth-order valence-corrected chi connectivity index (χ4v) is 4.75. The van der Waals surface area contributed by atoms with Gasteiger partial charge in [-0.25, -0.2) is 0 Å². The lowest BCUT2D eigenvalue weighted by atomic mass is 10.2. The highest BCUT2D eigenvalue weighted by Crippen LogP contribution is 2.37. The standard InChI is InChI=1S/C17H29P/c1-4-6-8-14-18(15-9-7-5-2)17-12-10-16(3)11-13-17/h10-13H,4-9,14-15H2,1-3H3. The number of hydrogen-bond donors (Lipinski definition) is 0. The van der Waals surface area contributed by atoms with Crippen LogP contribution in [0.3, 0.4) is 0 Å². The molecule has 0 aliphatic heterocycles. The highest BCUT2D eigenvalue weighted by atomic mass is 31.1. The van der Waals surface area contributed by atoms with E-state index in [9.17, 15) is 0 Å². The van der Waals surface area contributed by atoms with Gasteiger partial charge in [-0.1, -0.05) is 77.3 Å². The van der Waals surface area contributed by atoms with Crippen LogP contribution in [0, 0.1) is 6.92 Å². The second kappa shape index (κ2) is 9.56. The van der Waals surface area contributed by atoms with Crippen LogP contribution in [0.4, 0.5) is 0 Å². The summed E-state index contributed by atoms with van der Waals surface area (Å²) in [6, 6.07) is 9.31. The Morgan fingerprint density at radius 3 is 1.72 bits per heavy atom. The first-order chi connectivity index (χ1) is 8.77. The topological polar surface area (TPSA) is 0 Å². The molecule has 1 rings (SSSR count). The molecule has 1 aromatic carbocycles. The van der Waals surface area contributed by atoms with E-state index < -0.39 is 0 Å². The Kier molecular flexibility index (Phi) is 8.34. The van der Waals surface area contributed by atoms with E-state index in [0.717, 1.165) is 0 Å². The number of rotatable bonds is 9. The minimum atomic E-state index is 0.109. The molecule has 0 bridgehead atoms. The van der Waals surface area contributed by atoms with Gasteiger partial charge in [0.2, 0.25) is 0 Å². The van der Waals surface area contributed by atoms with Crippen LogP contribution in [-0.4, -0.2) is 12.3 Å². The lowest BCUT2D eigenvalue weighted by Gasteiger charge is -2.18. The Hall–Kier alpha value is -0.350. The molecule has 0 fully saturated rings. The van der Waals surface area contributed by atoms with Crippen molar-refractivity contribution >= 4 is 13.2 Å². The van der Waals surface area contributed by atoms with E-state index in [0.29, 0.717) is 0 Å². The lowest BCUT2D eigenvalue weighted by molar-refractivity contribution is 0.763. The van der Waals surface area contributed by atoms with Crippen molar-refractivity contribution in [3.05, 3.63) is 29.8 Å². The van der Waals surface area contributed by atoms with E-state index in [4.69, 9.17) is 0 Å². The van der Waals surface area contributed by atoms with E-state index in [1.165, 1.54) is 56.4 Å². The summed E-state index contributed by atoms with van der Waals surface area (Å²) in [6.07, 6.45) is 11.2. The number of hydrogen-bond acceptors (Lipinski definition) is 0. The van der Waals surface area contributed by atoms with E-state index in [-0.39, 0.29) is 7.92 Å². The summed E-state index contributed by atoms with van der Waals surface area (Å²) >= 11 is 0. The van der Waals surface area contributed by atoms with Gasteiger partial charge in [-0.05, 0) is 37.4 Å². The zero-order valence-electron chi connectivity index (χ0n) is 12.4. The van der Waals surface area contributed by atoms with Crippen molar-refractivity contribution in [3.63, 3.8) is 0 Å². The summed E-state index contributed by atoms with van der Waals surface area (Å²) in [7, 11) is 0.109. The van der Waals surface area contributed by atoms with Crippen molar-refractivity contribution in [2.45, 2.75) is 59.3 Å². The van der Waals surface area contributed by atoms with Crippen LogP contribution < -0.4 is 5.30 Å². The zero-order chi connectivity index (χ0) is 13.2. The van der Waals surface area contributed by atoms with Gasteiger partial charge in [0.05, 0.1) is 0 Å². The van der Waals surface area contributed by atoms with Crippen molar-refractivity contribution in [2.75, 3.05) is 12.3 Å². The largest absolute Gasteiger partial charge is 0.0753 e. The molecule has 1 aromatic rings. The predicted molar refractivity (Wildman–Crippen MR) is 86.5 cm³/mol. The second-order valence-corrected chi connectivity index (χ2v) is 7.73. The van der Waals surface area contributed by atoms with Crippen molar-refractivity contribution < 1.29 is 0 Å². The fourth-order valence-electron chi connectivity index (χ4n) is 2.23. The maximum atomic E-state index is 2.37. The Labute approximate surface area is 115 Å². The molecule has 0 aromatic heterocycles. The molecule has 0 radical (unpaired) electrons. The van der Waals surface area contributed by atoms with Crippen LogP contribution >= 0.6 is 7.92 Å². The summed E-state index contributed by atoms with van der Waals surface area (Å²) < 4.78 is 0. The van der Waals surface area contributed by atoms with Gasteiger partial charge in [0.1, 0.15) is 0 Å². The van der Waals surface area contributed by atoms with E-state index >= 15 is 0 Å². The summed E-state index contributed by atoms with van der Waals surface area (Å²) in [6.45, 7) is 6.77. The first-order valence-corrected chi connectivity index (χ1v) is 9.30. The van der Waals surface area contributed by atoms with E-state index in [2.05, 4.69) is 45.0 Å². The summed E-state index contributed by atoms with van der Waals surface area (Å²) in [5.41, 5.74) is 1.39. The number of benzene rings is 1. The SMILES string of the molecule is CCCCCP(CCCCC)c1ccc(C)cc1. The third-order valence-electron chi connectivity index (χ3n) is 3.46. The van der Waals surface area contributed by atoms with Gasteiger partial charge >= 0.3 is 0 Å². The van der Waals surface area contributed by atoms with Gasteiger partial charge < -0.3 is 0 Å². The Bertz CT molecular complexity index is 292. The Morgan fingerprint density at radius 2 is 1.28 bits per heavy atom. The molecular weight excluding hydrogens is 235 g/mol. The normalized spacial score (nSPS) is 11.1. The van der Waals surface area contributed by atoms with Crippen LogP contribution in [0.5, 0.6) is 0 Å². The number of unbranched alkanes of at least 4 members (excludes halogenated alkanes) is 4. The fraction of sp³-hybridized carbons (Fsp3) is 0.647. The second-order valence-electron chi connectivity index (χ2n) is 5.24. The summed E-state index contributed by atoms with van der Waals surface area (Å²) in [5.74, 6) is 0. The first-order valence-electron chi connectivity index (χ1n) is 7.59. The van der Waals surface area contributed by atoms with Gasteiger partial charge in [-0.3, -0.25) is 0 Å². The summed E-state index contributed by atoms with van der Waals surface area (Å²) in [4.78, 5) is 0. The molecule has 0 unspecified atom stereocenters. The first kappa shape index (κ1) is 15.7. The highest BCUT2D eigenvalue weighted by Gasteiger charge is 2.09. The van der Waals surface area contributed by atoms with E-state index in [1.807, 2.05) is 0 Å². The van der Waals surface area contributed by atoms with Gasteiger partial charge in [0, 0.05) is 0 Å². The molecule has 0 heterocycles. The average molecular weight is 264 g/mol. The van der Waals surface area contributed by atoms with Crippen molar-refractivity contribution in [3.8, 4) is 0 Å². The molecule has 0 amide bonds. The molecule has 18 heavy (non-hydrogen) atoms. The van der Waals surface area contributed by atoms with Gasteiger partial charge in [0.15, 0.2) is 0 Å². The molecule has 0 aliphatic rings. The van der Waals surface area contributed by atoms with Crippen molar-refractivity contribution in [1.82, 2.24) is 0 Å². The predicted octanol–water partition coefficient (Wildman–Crippen LogP) is 5.48. The molecule has 0 aliphatic carbocycles.